The van der Waals surface area contributed by atoms with Crippen LogP contribution >= 0.6 is 12.4 Å². The zero-order chi connectivity index (χ0) is 12.1. The van der Waals surface area contributed by atoms with E-state index in [0.29, 0.717) is 5.92 Å². The largest absolute Gasteiger partial charge is 0.381 e. The van der Waals surface area contributed by atoms with E-state index in [1.54, 1.807) is 4.90 Å². The van der Waals surface area contributed by atoms with Gasteiger partial charge in [0.05, 0.1) is 12.6 Å². The maximum Gasteiger partial charge on any atom is 0.239 e. The first-order chi connectivity index (χ1) is 7.52. The molecular weight excluding hydrogens is 240 g/mol. The molecule has 1 fully saturated rings. The topological polar surface area (TPSA) is 55.6 Å². The molecule has 1 aliphatic rings. The summed E-state index contributed by atoms with van der Waals surface area (Å²) < 4.78 is 5.40. The highest BCUT2D eigenvalue weighted by atomic mass is 35.5. The van der Waals surface area contributed by atoms with Gasteiger partial charge in [-0.05, 0) is 24.7 Å². The van der Waals surface area contributed by atoms with E-state index in [1.165, 1.54) is 0 Å². The number of amides is 1. The van der Waals surface area contributed by atoms with Gasteiger partial charge in [0.15, 0.2) is 0 Å². The number of carbonyl (C=O) groups excluding carboxylic acids is 1. The van der Waals surface area contributed by atoms with Crippen molar-refractivity contribution in [1.82, 2.24) is 4.90 Å². The van der Waals surface area contributed by atoms with E-state index in [0.717, 1.165) is 32.6 Å². The summed E-state index contributed by atoms with van der Waals surface area (Å²) in [5.74, 6) is 0.709. The van der Waals surface area contributed by atoms with Gasteiger partial charge in [-0.2, -0.15) is 0 Å². The number of hydrogen-bond donors (Lipinski definition) is 1. The number of nitrogens with two attached hydrogens (primary N) is 1. The first-order valence-electron chi connectivity index (χ1n) is 6.10. The number of carbonyl (C=O) groups is 1. The molecule has 0 radical (unpaired) electrons. The summed E-state index contributed by atoms with van der Waals surface area (Å²) in [5.41, 5.74) is 5.84. The average Bonchev–Trinajstić information content (AvgIpc) is 2.28. The van der Waals surface area contributed by atoms with Crippen LogP contribution < -0.4 is 5.73 Å². The van der Waals surface area contributed by atoms with Crippen molar-refractivity contribution in [2.45, 2.75) is 32.7 Å². The Morgan fingerprint density at radius 3 is 2.65 bits per heavy atom. The van der Waals surface area contributed by atoms with Crippen LogP contribution in [0, 0.1) is 11.8 Å². The lowest BCUT2D eigenvalue weighted by molar-refractivity contribution is -0.133. The van der Waals surface area contributed by atoms with Crippen LogP contribution in [0.4, 0.5) is 0 Å². The van der Waals surface area contributed by atoms with Gasteiger partial charge in [-0.25, -0.2) is 0 Å². The van der Waals surface area contributed by atoms with Crippen LogP contribution in [0.1, 0.15) is 26.7 Å². The molecule has 0 aromatic rings. The van der Waals surface area contributed by atoms with E-state index in [9.17, 15) is 4.79 Å². The molecular formula is C12H25ClN2O2. The monoisotopic (exact) mass is 264 g/mol. The van der Waals surface area contributed by atoms with Crippen LogP contribution in [-0.4, -0.2) is 43.7 Å². The third-order valence-corrected chi connectivity index (χ3v) is 3.17. The van der Waals surface area contributed by atoms with Crippen molar-refractivity contribution in [2.24, 2.45) is 17.6 Å². The molecule has 0 aliphatic carbocycles. The molecule has 0 saturated carbocycles. The lowest BCUT2D eigenvalue weighted by atomic mass is 10.00. The summed E-state index contributed by atoms with van der Waals surface area (Å²) in [5, 5.41) is 0. The molecule has 102 valence electrons. The Balaban J connectivity index is 0.00000256. The van der Waals surface area contributed by atoms with Crippen LogP contribution in [0.5, 0.6) is 0 Å². The zero-order valence-electron chi connectivity index (χ0n) is 11.0. The molecule has 1 heterocycles. The third kappa shape index (κ3) is 5.23. The van der Waals surface area contributed by atoms with Crippen molar-refractivity contribution in [1.29, 1.82) is 0 Å². The molecule has 0 aromatic carbocycles. The van der Waals surface area contributed by atoms with Gasteiger partial charge in [0.1, 0.15) is 0 Å². The van der Waals surface area contributed by atoms with Crippen molar-refractivity contribution < 1.29 is 9.53 Å². The molecule has 2 atom stereocenters. The molecule has 5 heteroatoms. The van der Waals surface area contributed by atoms with Gasteiger partial charge in [-0.3, -0.25) is 4.79 Å². The van der Waals surface area contributed by atoms with Gasteiger partial charge in [0.2, 0.25) is 5.91 Å². The van der Waals surface area contributed by atoms with Crippen molar-refractivity contribution in [2.75, 3.05) is 26.8 Å². The molecule has 1 amide bonds. The van der Waals surface area contributed by atoms with Crippen LogP contribution in [-0.2, 0) is 9.53 Å². The molecule has 1 saturated heterocycles. The van der Waals surface area contributed by atoms with Crippen molar-refractivity contribution in [3.63, 3.8) is 0 Å². The number of likely N-dealkylation sites (N-methyl/N-ethyl adjacent to an activating group) is 1. The maximum absolute atomic E-state index is 11.9. The Hall–Kier alpha value is -0.320. The number of halogens is 1. The van der Waals surface area contributed by atoms with Crippen molar-refractivity contribution in [3.05, 3.63) is 0 Å². The van der Waals surface area contributed by atoms with Crippen LogP contribution in [0.3, 0.4) is 0 Å². The van der Waals surface area contributed by atoms with Gasteiger partial charge >= 0.3 is 0 Å². The van der Waals surface area contributed by atoms with E-state index in [-0.39, 0.29) is 30.3 Å². The smallest absolute Gasteiger partial charge is 0.239 e. The Labute approximate surface area is 110 Å². The Kier molecular flexibility index (Phi) is 7.75. The fraction of sp³-hybridized carbons (Fsp3) is 0.917. The lowest BCUT2D eigenvalue weighted by Crippen LogP contribution is -2.46. The summed E-state index contributed by atoms with van der Waals surface area (Å²) in [6.07, 6.45) is 2.25. The van der Waals surface area contributed by atoms with Gasteiger partial charge < -0.3 is 15.4 Å². The quantitative estimate of drug-likeness (QED) is 0.832. The van der Waals surface area contributed by atoms with Crippen LogP contribution in [0.15, 0.2) is 0 Å². The molecule has 0 aromatic heterocycles. The minimum Gasteiger partial charge on any atom is -0.381 e. The van der Waals surface area contributed by atoms with E-state index in [2.05, 4.69) is 0 Å². The van der Waals surface area contributed by atoms with E-state index in [1.807, 2.05) is 20.9 Å². The van der Waals surface area contributed by atoms with Gasteiger partial charge in [0.25, 0.3) is 0 Å². The van der Waals surface area contributed by atoms with Crippen molar-refractivity contribution in [3.8, 4) is 0 Å². The SMILES string of the molecule is CC(C)[C@H](N)C(=O)N(C)CC1CCCOC1.Cl. The highest BCUT2D eigenvalue weighted by Gasteiger charge is 2.24. The second-order valence-corrected chi connectivity index (χ2v) is 5.07. The summed E-state index contributed by atoms with van der Waals surface area (Å²) >= 11 is 0. The minimum absolute atomic E-state index is 0. The second kappa shape index (κ2) is 7.90. The standard InChI is InChI=1S/C12H24N2O2.ClH/c1-9(2)11(13)12(15)14(3)7-10-5-4-6-16-8-10;/h9-11H,4-8,13H2,1-3H3;1H/t10?,11-;/m0./s1. The molecule has 4 nitrogen and oxygen atoms in total. The Morgan fingerprint density at radius 1 is 1.53 bits per heavy atom. The fourth-order valence-corrected chi connectivity index (χ4v) is 1.97. The Bertz CT molecular complexity index is 231. The summed E-state index contributed by atoms with van der Waals surface area (Å²) in [6, 6.07) is -0.380. The van der Waals surface area contributed by atoms with Crippen LogP contribution in [0.25, 0.3) is 0 Å². The predicted octanol–water partition coefficient (Wildman–Crippen LogP) is 1.28. The lowest BCUT2D eigenvalue weighted by Gasteiger charge is -2.29. The van der Waals surface area contributed by atoms with Gasteiger partial charge in [0, 0.05) is 20.2 Å². The number of ether oxygens (including phenoxy) is 1. The maximum atomic E-state index is 11.9. The molecule has 2 N–H and O–H groups in total. The minimum atomic E-state index is -0.380. The highest BCUT2D eigenvalue weighted by Crippen LogP contribution is 2.15. The summed E-state index contributed by atoms with van der Waals surface area (Å²) in [4.78, 5) is 13.7. The summed E-state index contributed by atoms with van der Waals surface area (Å²) in [7, 11) is 1.83. The van der Waals surface area contributed by atoms with E-state index in [4.69, 9.17) is 10.5 Å². The normalized spacial score (nSPS) is 21.8. The highest BCUT2D eigenvalue weighted by molar-refractivity contribution is 5.85. The molecule has 1 rings (SSSR count). The predicted molar refractivity (Wildman–Crippen MR) is 71.2 cm³/mol. The fourth-order valence-electron chi connectivity index (χ4n) is 1.97. The average molecular weight is 265 g/mol. The zero-order valence-corrected chi connectivity index (χ0v) is 11.8. The van der Waals surface area contributed by atoms with E-state index < -0.39 is 0 Å². The molecule has 0 spiro atoms. The third-order valence-electron chi connectivity index (χ3n) is 3.17. The van der Waals surface area contributed by atoms with Crippen LogP contribution in [0.2, 0.25) is 0 Å². The molecule has 1 aliphatic heterocycles. The first kappa shape index (κ1) is 16.7. The second-order valence-electron chi connectivity index (χ2n) is 5.07. The number of rotatable bonds is 4. The Morgan fingerprint density at radius 2 is 2.18 bits per heavy atom. The van der Waals surface area contributed by atoms with Gasteiger partial charge in [-0.1, -0.05) is 13.8 Å². The summed E-state index contributed by atoms with van der Waals surface area (Å²) in [6.45, 7) is 6.34. The molecule has 1 unspecified atom stereocenters. The van der Waals surface area contributed by atoms with Gasteiger partial charge in [-0.15, -0.1) is 12.4 Å². The first-order valence-corrected chi connectivity index (χ1v) is 6.10. The van der Waals surface area contributed by atoms with E-state index >= 15 is 0 Å². The molecule has 17 heavy (non-hydrogen) atoms. The number of nitrogens with zero attached hydrogens (tertiary/aromatic N) is 1. The van der Waals surface area contributed by atoms with Crippen molar-refractivity contribution >= 4 is 18.3 Å². The molecule has 0 bridgehead atoms. The number of hydrogen-bond acceptors (Lipinski definition) is 3.